The standard InChI is InChI=1S/C23H19N3/c1-3-8-16(9-4-1)22-23(17-10-5-2-6-11-17)26-21-15-19-18(12-7-13-24-19)14-20(21)25-22/h1-6,8-11,14-15,24H,7,12-13H2. The largest absolute Gasteiger partial charge is 0.385 e. The van der Waals surface area contributed by atoms with Crippen LogP contribution in [0.15, 0.2) is 72.8 Å². The van der Waals surface area contributed by atoms with Gasteiger partial charge in [-0.25, -0.2) is 9.97 Å². The number of rotatable bonds is 2. The molecule has 126 valence electrons. The van der Waals surface area contributed by atoms with Crippen LogP contribution in [0.5, 0.6) is 0 Å². The van der Waals surface area contributed by atoms with E-state index in [-0.39, 0.29) is 0 Å². The molecule has 0 saturated heterocycles. The molecule has 0 bridgehead atoms. The Kier molecular flexibility index (Phi) is 3.64. The lowest BCUT2D eigenvalue weighted by Crippen LogP contribution is -2.11. The molecule has 0 fully saturated rings. The van der Waals surface area contributed by atoms with E-state index in [2.05, 4.69) is 41.7 Å². The normalized spacial score (nSPS) is 13.2. The number of hydrogen-bond donors (Lipinski definition) is 1. The Morgan fingerprint density at radius 2 is 1.27 bits per heavy atom. The maximum atomic E-state index is 5.04. The zero-order chi connectivity index (χ0) is 17.3. The molecule has 0 amide bonds. The molecule has 0 radical (unpaired) electrons. The highest BCUT2D eigenvalue weighted by Crippen LogP contribution is 2.33. The minimum atomic E-state index is 0.931. The minimum absolute atomic E-state index is 0.931. The van der Waals surface area contributed by atoms with Gasteiger partial charge >= 0.3 is 0 Å². The van der Waals surface area contributed by atoms with Gasteiger partial charge in [0, 0.05) is 23.4 Å². The highest BCUT2D eigenvalue weighted by molar-refractivity contribution is 5.88. The van der Waals surface area contributed by atoms with Crippen LogP contribution in [0.4, 0.5) is 5.69 Å². The second kappa shape index (κ2) is 6.26. The molecule has 5 rings (SSSR count). The zero-order valence-corrected chi connectivity index (χ0v) is 14.4. The van der Waals surface area contributed by atoms with Gasteiger partial charge in [0.05, 0.1) is 22.4 Å². The van der Waals surface area contributed by atoms with E-state index in [1.165, 1.54) is 17.7 Å². The van der Waals surface area contributed by atoms with Crippen LogP contribution in [0.1, 0.15) is 12.0 Å². The lowest BCUT2D eigenvalue weighted by Gasteiger charge is -2.19. The molecule has 1 aliphatic heterocycles. The van der Waals surface area contributed by atoms with Gasteiger partial charge in [-0.05, 0) is 30.5 Å². The Morgan fingerprint density at radius 3 is 1.88 bits per heavy atom. The predicted octanol–water partition coefficient (Wildman–Crippen LogP) is 5.32. The number of nitrogens with zero attached hydrogens (tertiary/aromatic N) is 2. The van der Waals surface area contributed by atoms with Crippen molar-refractivity contribution in [3.8, 4) is 22.5 Å². The van der Waals surface area contributed by atoms with E-state index < -0.39 is 0 Å². The van der Waals surface area contributed by atoms with Crippen molar-refractivity contribution in [3.63, 3.8) is 0 Å². The molecule has 3 aromatic carbocycles. The Labute approximate surface area is 152 Å². The molecule has 0 spiro atoms. The average molecular weight is 337 g/mol. The molecule has 0 unspecified atom stereocenters. The Bertz CT molecular complexity index is 985. The third-order valence-electron chi connectivity index (χ3n) is 4.92. The van der Waals surface area contributed by atoms with Crippen LogP contribution in [0.25, 0.3) is 33.5 Å². The quantitative estimate of drug-likeness (QED) is 0.538. The lowest BCUT2D eigenvalue weighted by atomic mass is 10.0. The molecule has 3 heteroatoms. The third kappa shape index (κ3) is 2.62. The summed E-state index contributed by atoms with van der Waals surface area (Å²) < 4.78 is 0. The monoisotopic (exact) mass is 337 g/mol. The number of anilines is 1. The van der Waals surface area contributed by atoms with Gasteiger partial charge in [-0.15, -0.1) is 0 Å². The molecule has 2 heterocycles. The molecular formula is C23H19N3. The Morgan fingerprint density at radius 1 is 0.692 bits per heavy atom. The van der Waals surface area contributed by atoms with Crippen molar-refractivity contribution in [2.75, 3.05) is 11.9 Å². The number of aromatic nitrogens is 2. The first-order valence-corrected chi connectivity index (χ1v) is 9.08. The Balaban J connectivity index is 1.79. The summed E-state index contributed by atoms with van der Waals surface area (Å²) in [5.41, 5.74) is 8.49. The average Bonchev–Trinajstić information content (AvgIpc) is 2.72. The highest BCUT2D eigenvalue weighted by Gasteiger charge is 2.16. The smallest absolute Gasteiger partial charge is 0.0973 e. The van der Waals surface area contributed by atoms with E-state index in [9.17, 15) is 0 Å². The highest BCUT2D eigenvalue weighted by atomic mass is 14.9. The van der Waals surface area contributed by atoms with Crippen molar-refractivity contribution in [2.24, 2.45) is 0 Å². The summed E-state index contributed by atoms with van der Waals surface area (Å²) in [4.78, 5) is 10.1. The van der Waals surface area contributed by atoms with Crippen molar-refractivity contribution < 1.29 is 0 Å². The minimum Gasteiger partial charge on any atom is -0.385 e. The number of fused-ring (bicyclic) bond motifs is 2. The third-order valence-corrected chi connectivity index (χ3v) is 4.92. The summed E-state index contributed by atoms with van der Waals surface area (Å²) in [6.07, 6.45) is 2.26. The van der Waals surface area contributed by atoms with E-state index in [1.54, 1.807) is 0 Å². The molecule has 3 nitrogen and oxygen atoms in total. The van der Waals surface area contributed by atoms with Crippen molar-refractivity contribution in [3.05, 3.63) is 78.4 Å². The summed E-state index contributed by atoms with van der Waals surface area (Å²) in [6, 6.07) is 25.0. The SMILES string of the molecule is c1ccc(-c2nc3cc4c(cc3nc2-c2ccccc2)NCCC4)cc1. The molecule has 0 aliphatic carbocycles. The summed E-state index contributed by atoms with van der Waals surface area (Å²) in [5, 5.41) is 3.49. The predicted molar refractivity (Wildman–Crippen MR) is 107 cm³/mol. The van der Waals surface area contributed by atoms with E-state index >= 15 is 0 Å². The molecule has 26 heavy (non-hydrogen) atoms. The van der Waals surface area contributed by atoms with E-state index in [0.29, 0.717) is 0 Å². The van der Waals surface area contributed by atoms with Gasteiger partial charge in [0.15, 0.2) is 0 Å². The van der Waals surface area contributed by atoms with Crippen molar-refractivity contribution in [1.82, 2.24) is 9.97 Å². The van der Waals surface area contributed by atoms with Crippen LogP contribution in [0.2, 0.25) is 0 Å². The Hall–Kier alpha value is -3.20. The lowest BCUT2D eigenvalue weighted by molar-refractivity contribution is 0.831. The van der Waals surface area contributed by atoms with Crippen LogP contribution >= 0.6 is 0 Å². The molecule has 1 aromatic heterocycles. The topological polar surface area (TPSA) is 37.8 Å². The van der Waals surface area contributed by atoms with Gasteiger partial charge in [0.2, 0.25) is 0 Å². The molecule has 4 aromatic rings. The molecule has 1 N–H and O–H groups in total. The van der Waals surface area contributed by atoms with Gasteiger partial charge < -0.3 is 5.32 Å². The van der Waals surface area contributed by atoms with Crippen LogP contribution in [0, 0.1) is 0 Å². The molecule has 0 saturated carbocycles. The number of hydrogen-bond acceptors (Lipinski definition) is 3. The van der Waals surface area contributed by atoms with Gasteiger partial charge in [0.1, 0.15) is 0 Å². The van der Waals surface area contributed by atoms with Crippen LogP contribution in [0.3, 0.4) is 0 Å². The fraction of sp³-hybridized carbons (Fsp3) is 0.130. The van der Waals surface area contributed by atoms with Crippen molar-refractivity contribution in [1.29, 1.82) is 0 Å². The summed E-state index contributed by atoms with van der Waals surface area (Å²) in [5.74, 6) is 0. The molecular weight excluding hydrogens is 318 g/mol. The van der Waals surface area contributed by atoms with Crippen LogP contribution in [-0.4, -0.2) is 16.5 Å². The fourth-order valence-corrected chi connectivity index (χ4v) is 3.61. The van der Waals surface area contributed by atoms with Gasteiger partial charge in [-0.3, -0.25) is 0 Å². The summed E-state index contributed by atoms with van der Waals surface area (Å²) >= 11 is 0. The van der Waals surface area contributed by atoms with Gasteiger partial charge in [-0.1, -0.05) is 60.7 Å². The molecule has 1 aliphatic rings. The number of aryl methyl sites for hydroxylation is 1. The van der Waals surface area contributed by atoms with Crippen LogP contribution < -0.4 is 5.32 Å². The van der Waals surface area contributed by atoms with Crippen LogP contribution in [-0.2, 0) is 6.42 Å². The van der Waals surface area contributed by atoms with E-state index in [1.807, 2.05) is 36.4 Å². The van der Waals surface area contributed by atoms with Crippen molar-refractivity contribution in [2.45, 2.75) is 12.8 Å². The zero-order valence-electron chi connectivity index (χ0n) is 14.4. The number of nitrogens with one attached hydrogen (secondary N) is 1. The molecule has 0 atom stereocenters. The first-order valence-electron chi connectivity index (χ1n) is 9.08. The summed E-state index contributed by atoms with van der Waals surface area (Å²) in [7, 11) is 0. The first-order chi connectivity index (χ1) is 12.9. The summed E-state index contributed by atoms with van der Waals surface area (Å²) in [6.45, 7) is 1.03. The fourth-order valence-electron chi connectivity index (χ4n) is 3.61. The second-order valence-electron chi connectivity index (χ2n) is 6.68. The maximum absolute atomic E-state index is 5.04. The van der Waals surface area contributed by atoms with Gasteiger partial charge in [-0.2, -0.15) is 0 Å². The van der Waals surface area contributed by atoms with Gasteiger partial charge in [0.25, 0.3) is 0 Å². The first kappa shape index (κ1) is 15.1. The van der Waals surface area contributed by atoms with E-state index in [4.69, 9.17) is 9.97 Å². The maximum Gasteiger partial charge on any atom is 0.0973 e. The van der Waals surface area contributed by atoms with E-state index in [0.717, 1.165) is 46.5 Å². The number of benzene rings is 3. The second-order valence-corrected chi connectivity index (χ2v) is 6.68. The van der Waals surface area contributed by atoms with Crippen molar-refractivity contribution >= 4 is 16.7 Å².